The topological polar surface area (TPSA) is 20.3 Å². The van der Waals surface area contributed by atoms with Crippen LogP contribution in [0.3, 0.4) is 0 Å². The second kappa shape index (κ2) is 5.57. The van der Waals surface area contributed by atoms with E-state index in [2.05, 4.69) is 0 Å². The average Bonchev–Trinajstić information content (AvgIpc) is 2.27. The van der Waals surface area contributed by atoms with Gasteiger partial charge in [-0.25, -0.2) is 0 Å². The summed E-state index contributed by atoms with van der Waals surface area (Å²) >= 11 is 5.87. The summed E-state index contributed by atoms with van der Waals surface area (Å²) in [4.78, 5) is 14.3. The molecule has 2 nitrogen and oxygen atoms in total. The second-order valence-corrected chi connectivity index (χ2v) is 5.67. The lowest BCUT2D eigenvalue weighted by atomic mass is 9.78. The van der Waals surface area contributed by atoms with Gasteiger partial charge in [0, 0.05) is 30.9 Å². The van der Waals surface area contributed by atoms with Crippen LogP contribution in [-0.2, 0) is 10.2 Å². The Kier molecular flexibility index (Phi) is 4.58. The number of hydrogen-bond donors (Lipinski definition) is 0. The van der Waals surface area contributed by atoms with Crippen LogP contribution in [0.1, 0.15) is 26.3 Å². The average molecular weight is 266 g/mol. The van der Waals surface area contributed by atoms with E-state index in [1.165, 1.54) is 0 Å². The van der Waals surface area contributed by atoms with Crippen LogP contribution in [0.2, 0.25) is 5.02 Å². The van der Waals surface area contributed by atoms with Crippen molar-refractivity contribution < 1.29 is 4.79 Å². The van der Waals surface area contributed by atoms with Crippen molar-refractivity contribution in [1.29, 1.82) is 0 Å². The Morgan fingerprint density at radius 2 is 1.72 bits per heavy atom. The van der Waals surface area contributed by atoms with E-state index in [-0.39, 0.29) is 5.78 Å². The molecular weight excluding hydrogens is 246 g/mol. The number of benzene rings is 1. The van der Waals surface area contributed by atoms with Crippen molar-refractivity contribution in [2.75, 3.05) is 14.1 Å². The van der Waals surface area contributed by atoms with Crippen LogP contribution < -0.4 is 0 Å². The molecule has 0 atom stereocenters. The van der Waals surface area contributed by atoms with E-state index in [0.717, 1.165) is 11.1 Å². The van der Waals surface area contributed by atoms with Gasteiger partial charge in [0.05, 0.1) is 5.41 Å². The summed E-state index contributed by atoms with van der Waals surface area (Å²) in [5.74, 6) is 0.124. The fourth-order valence-electron chi connectivity index (χ4n) is 1.94. The van der Waals surface area contributed by atoms with Crippen LogP contribution >= 0.6 is 11.6 Å². The van der Waals surface area contributed by atoms with Gasteiger partial charge in [0.1, 0.15) is 0 Å². The van der Waals surface area contributed by atoms with E-state index in [4.69, 9.17) is 11.6 Å². The normalized spacial score (nSPS) is 12.4. The molecule has 0 bridgehead atoms. The lowest BCUT2D eigenvalue weighted by Crippen LogP contribution is -2.30. The summed E-state index contributed by atoms with van der Waals surface area (Å²) < 4.78 is 0. The molecule has 0 saturated carbocycles. The van der Waals surface area contributed by atoms with Gasteiger partial charge in [-0.05, 0) is 38.5 Å². The van der Waals surface area contributed by atoms with Gasteiger partial charge in [-0.3, -0.25) is 4.79 Å². The molecule has 0 aliphatic heterocycles. The minimum atomic E-state index is -0.540. The number of carbonyl (C=O) groups is 1. The Morgan fingerprint density at radius 3 is 2.17 bits per heavy atom. The molecule has 1 aromatic rings. The summed E-state index contributed by atoms with van der Waals surface area (Å²) in [6.45, 7) is 5.72. The lowest BCUT2D eigenvalue weighted by Gasteiger charge is -2.24. The van der Waals surface area contributed by atoms with E-state index in [1.54, 1.807) is 0 Å². The Bertz CT molecular complexity index is 458. The number of carbonyl (C=O) groups excluding carboxylic acids is 1. The first-order valence-corrected chi connectivity index (χ1v) is 6.28. The standard InChI is InChI=1S/C15H20ClNO/c1-11(10-17(4)5)14(18)15(2,3)12-6-8-13(16)9-7-12/h6-10H,1-5H3/b11-10-. The molecule has 0 N–H and O–H groups in total. The van der Waals surface area contributed by atoms with Gasteiger partial charge >= 0.3 is 0 Å². The predicted molar refractivity (Wildman–Crippen MR) is 76.9 cm³/mol. The maximum Gasteiger partial charge on any atom is 0.169 e. The zero-order valence-corrected chi connectivity index (χ0v) is 12.4. The summed E-state index contributed by atoms with van der Waals surface area (Å²) in [5.41, 5.74) is 1.18. The molecule has 1 aromatic carbocycles. The van der Waals surface area contributed by atoms with Gasteiger partial charge in [-0.2, -0.15) is 0 Å². The van der Waals surface area contributed by atoms with Gasteiger partial charge in [-0.1, -0.05) is 23.7 Å². The number of nitrogens with zero attached hydrogens (tertiary/aromatic N) is 1. The van der Waals surface area contributed by atoms with Gasteiger partial charge in [-0.15, -0.1) is 0 Å². The first-order valence-electron chi connectivity index (χ1n) is 5.91. The molecule has 0 spiro atoms. The molecule has 0 unspecified atom stereocenters. The van der Waals surface area contributed by atoms with Crippen LogP contribution in [0.25, 0.3) is 0 Å². The van der Waals surface area contributed by atoms with Crippen molar-refractivity contribution in [2.24, 2.45) is 0 Å². The third kappa shape index (κ3) is 3.36. The van der Waals surface area contributed by atoms with Crippen LogP contribution in [0.4, 0.5) is 0 Å². The Balaban J connectivity index is 3.06. The second-order valence-electron chi connectivity index (χ2n) is 5.24. The van der Waals surface area contributed by atoms with Gasteiger partial charge < -0.3 is 4.90 Å². The van der Waals surface area contributed by atoms with Crippen molar-refractivity contribution in [3.8, 4) is 0 Å². The zero-order chi connectivity index (χ0) is 13.9. The number of allylic oxidation sites excluding steroid dienone is 1. The van der Waals surface area contributed by atoms with Gasteiger partial charge in [0.25, 0.3) is 0 Å². The summed E-state index contributed by atoms with van der Waals surface area (Å²) in [6, 6.07) is 7.44. The van der Waals surface area contributed by atoms with E-state index < -0.39 is 5.41 Å². The number of halogens is 1. The monoisotopic (exact) mass is 265 g/mol. The van der Waals surface area contributed by atoms with Crippen molar-refractivity contribution in [1.82, 2.24) is 4.90 Å². The number of ketones is 1. The SMILES string of the molecule is C/C(=C/N(C)C)C(=O)C(C)(C)c1ccc(Cl)cc1. The molecule has 0 aliphatic rings. The predicted octanol–water partition coefficient (Wildman–Crippen LogP) is 3.65. The molecule has 3 heteroatoms. The van der Waals surface area contributed by atoms with E-state index in [9.17, 15) is 4.79 Å². The van der Waals surface area contributed by atoms with Crippen molar-refractivity contribution in [3.05, 3.63) is 46.6 Å². The molecule has 0 fully saturated rings. The highest BCUT2D eigenvalue weighted by Crippen LogP contribution is 2.28. The quantitative estimate of drug-likeness (QED) is 0.775. The van der Waals surface area contributed by atoms with Crippen LogP contribution in [0, 0.1) is 0 Å². The maximum absolute atomic E-state index is 12.5. The molecule has 18 heavy (non-hydrogen) atoms. The van der Waals surface area contributed by atoms with Gasteiger partial charge in [0.2, 0.25) is 0 Å². The van der Waals surface area contributed by atoms with Crippen molar-refractivity contribution in [2.45, 2.75) is 26.2 Å². The summed E-state index contributed by atoms with van der Waals surface area (Å²) in [5, 5.41) is 0.683. The van der Waals surface area contributed by atoms with Crippen LogP contribution in [0.15, 0.2) is 36.0 Å². The highest BCUT2D eigenvalue weighted by Gasteiger charge is 2.30. The maximum atomic E-state index is 12.5. The smallest absolute Gasteiger partial charge is 0.169 e. The van der Waals surface area contributed by atoms with Gasteiger partial charge in [0.15, 0.2) is 5.78 Å². The molecular formula is C15H20ClNO. The minimum absolute atomic E-state index is 0.124. The van der Waals surface area contributed by atoms with Crippen LogP contribution in [0.5, 0.6) is 0 Å². The Morgan fingerprint density at radius 1 is 1.22 bits per heavy atom. The minimum Gasteiger partial charge on any atom is -0.383 e. The van der Waals surface area contributed by atoms with E-state index in [0.29, 0.717) is 5.02 Å². The molecule has 0 aromatic heterocycles. The molecule has 1 rings (SSSR count). The molecule has 98 valence electrons. The molecule has 0 saturated heterocycles. The highest BCUT2D eigenvalue weighted by molar-refractivity contribution is 6.30. The highest BCUT2D eigenvalue weighted by atomic mass is 35.5. The zero-order valence-electron chi connectivity index (χ0n) is 11.6. The first kappa shape index (κ1) is 14.8. The van der Waals surface area contributed by atoms with E-state index >= 15 is 0 Å². The fourth-order valence-corrected chi connectivity index (χ4v) is 2.06. The fraction of sp³-hybridized carbons (Fsp3) is 0.400. The molecule has 0 aliphatic carbocycles. The summed E-state index contributed by atoms with van der Waals surface area (Å²) in [7, 11) is 3.82. The number of Topliss-reactive ketones (excluding diaryl/α,β-unsaturated/α-hetero) is 1. The number of rotatable bonds is 4. The van der Waals surface area contributed by atoms with Crippen molar-refractivity contribution in [3.63, 3.8) is 0 Å². The largest absolute Gasteiger partial charge is 0.383 e. The Hall–Kier alpha value is -1.28. The molecule has 0 amide bonds. The lowest BCUT2D eigenvalue weighted by molar-refractivity contribution is -0.119. The van der Waals surface area contributed by atoms with Crippen LogP contribution in [-0.4, -0.2) is 24.8 Å². The third-order valence-corrected chi connectivity index (χ3v) is 3.20. The van der Waals surface area contributed by atoms with E-state index in [1.807, 2.05) is 70.2 Å². The third-order valence-electron chi connectivity index (χ3n) is 2.94. The molecule has 0 heterocycles. The first-order chi connectivity index (χ1) is 8.25. The number of hydrogen-bond acceptors (Lipinski definition) is 2. The Labute approximate surface area is 114 Å². The summed E-state index contributed by atoms with van der Waals surface area (Å²) in [6.07, 6.45) is 1.85. The van der Waals surface area contributed by atoms with Crippen molar-refractivity contribution >= 4 is 17.4 Å². The molecule has 0 radical (unpaired) electrons.